The third-order valence-electron chi connectivity index (χ3n) is 2.90. The summed E-state index contributed by atoms with van der Waals surface area (Å²) in [5.74, 6) is 0.751. The van der Waals surface area contributed by atoms with E-state index in [2.05, 4.69) is 9.97 Å². The highest BCUT2D eigenvalue weighted by Crippen LogP contribution is 2.24. The molecular weight excluding hydrogens is 240 g/mol. The standard InChI is InChI=1S/C14H20N4O/c1-5-18-13(11(4)15)8-16-14(18)19-12-6-9(2)17-10(3)7-12/h6-8,11H,5,15H2,1-4H3. The summed E-state index contributed by atoms with van der Waals surface area (Å²) in [4.78, 5) is 8.63. The molecule has 2 aromatic rings. The largest absolute Gasteiger partial charge is 0.425 e. The number of rotatable bonds is 4. The third-order valence-corrected chi connectivity index (χ3v) is 2.90. The van der Waals surface area contributed by atoms with E-state index in [1.807, 2.05) is 44.4 Å². The van der Waals surface area contributed by atoms with Gasteiger partial charge in [-0.2, -0.15) is 0 Å². The maximum atomic E-state index is 5.92. The molecule has 0 saturated carbocycles. The highest BCUT2D eigenvalue weighted by molar-refractivity contribution is 5.29. The number of nitrogens with zero attached hydrogens (tertiary/aromatic N) is 3. The minimum Gasteiger partial charge on any atom is -0.425 e. The number of aromatic nitrogens is 3. The maximum Gasteiger partial charge on any atom is 0.302 e. The van der Waals surface area contributed by atoms with E-state index in [-0.39, 0.29) is 6.04 Å². The van der Waals surface area contributed by atoms with Crippen molar-refractivity contribution in [2.24, 2.45) is 5.73 Å². The number of aryl methyl sites for hydroxylation is 2. The van der Waals surface area contributed by atoms with Crippen molar-refractivity contribution in [2.45, 2.75) is 40.3 Å². The Bertz CT molecular complexity index is 555. The van der Waals surface area contributed by atoms with Crippen LogP contribution >= 0.6 is 0 Å². The number of ether oxygens (including phenoxy) is 1. The number of imidazole rings is 1. The Morgan fingerprint density at radius 2 is 1.95 bits per heavy atom. The predicted octanol–water partition coefficient (Wildman–Crippen LogP) is 2.73. The molecule has 5 heteroatoms. The zero-order chi connectivity index (χ0) is 14.0. The number of hydrogen-bond acceptors (Lipinski definition) is 4. The fourth-order valence-corrected chi connectivity index (χ4v) is 2.09. The molecule has 0 bridgehead atoms. The second-order valence-corrected chi connectivity index (χ2v) is 4.69. The van der Waals surface area contributed by atoms with Crippen LogP contribution in [0.5, 0.6) is 11.8 Å². The van der Waals surface area contributed by atoms with Crippen LogP contribution in [0.3, 0.4) is 0 Å². The fourth-order valence-electron chi connectivity index (χ4n) is 2.09. The van der Waals surface area contributed by atoms with Crippen LogP contribution in [0.4, 0.5) is 0 Å². The Morgan fingerprint density at radius 1 is 1.32 bits per heavy atom. The van der Waals surface area contributed by atoms with E-state index >= 15 is 0 Å². The van der Waals surface area contributed by atoms with E-state index in [4.69, 9.17) is 10.5 Å². The first kappa shape index (κ1) is 13.5. The molecule has 0 amide bonds. The van der Waals surface area contributed by atoms with Gasteiger partial charge >= 0.3 is 6.01 Å². The normalized spacial score (nSPS) is 12.5. The van der Waals surface area contributed by atoms with Crippen LogP contribution in [-0.4, -0.2) is 14.5 Å². The van der Waals surface area contributed by atoms with Crippen molar-refractivity contribution in [1.82, 2.24) is 14.5 Å². The summed E-state index contributed by atoms with van der Waals surface area (Å²) in [6.07, 6.45) is 1.77. The molecule has 5 nitrogen and oxygen atoms in total. The Labute approximate surface area is 113 Å². The molecule has 0 fully saturated rings. The Morgan fingerprint density at radius 3 is 2.47 bits per heavy atom. The van der Waals surface area contributed by atoms with Crippen molar-refractivity contribution in [2.75, 3.05) is 0 Å². The summed E-state index contributed by atoms with van der Waals surface area (Å²) in [6.45, 7) is 8.64. The molecule has 2 aromatic heterocycles. The van der Waals surface area contributed by atoms with Crippen molar-refractivity contribution in [3.63, 3.8) is 0 Å². The van der Waals surface area contributed by atoms with Crippen LogP contribution < -0.4 is 10.5 Å². The zero-order valence-corrected chi connectivity index (χ0v) is 11.8. The lowest BCUT2D eigenvalue weighted by molar-refractivity contribution is 0.408. The lowest BCUT2D eigenvalue weighted by Gasteiger charge is -2.12. The highest BCUT2D eigenvalue weighted by Gasteiger charge is 2.13. The molecule has 2 rings (SSSR count). The minimum absolute atomic E-state index is 0.0642. The number of hydrogen-bond donors (Lipinski definition) is 1. The first-order chi connectivity index (χ1) is 9.01. The zero-order valence-electron chi connectivity index (χ0n) is 11.8. The highest BCUT2D eigenvalue weighted by atomic mass is 16.5. The topological polar surface area (TPSA) is 66.0 Å². The molecule has 0 radical (unpaired) electrons. The summed E-state index contributed by atoms with van der Waals surface area (Å²) in [5.41, 5.74) is 8.75. The average Bonchev–Trinajstić information content (AvgIpc) is 2.70. The van der Waals surface area contributed by atoms with Gasteiger partial charge in [-0.15, -0.1) is 0 Å². The van der Waals surface area contributed by atoms with Crippen molar-refractivity contribution in [3.8, 4) is 11.8 Å². The number of nitrogens with two attached hydrogens (primary N) is 1. The quantitative estimate of drug-likeness (QED) is 0.918. The van der Waals surface area contributed by atoms with Gasteiger partial charge in [0.25, 0.3) is 0 Å². The van der Waals surface area contributed by atoms with Crippen LogP contribution in [-0.2, 0) is 6.54 Å². The molecule has 0 saturated heterocycles. The molecule has 0 aliphatic rings. The van der Waals surface area contributed by atoms with E-state index in [9.17, 15) is 0 Å². The molecule has 0 aromatic carbocycles. The lowest BCUT2D eigenvalue weighted by Crippen LogP contribution is -2.12. The molecule has 0 aliphatic heterocycles. The predicted molar refractivity (Wildman–Crippen MR) is 74.3 cm³/mol. The van der Waals surface area contributed by atoms with E-state index in [1.165, 1.54) is 0 Å². The molecule has 2 heterocycles. The summed E-state index contributed by atoms with van der Waals surface area (Å²) in [6, 6.07) is 4.30. The smallest absolute Gasteiger partial charge is 0.302 e. The lowest BCUT2D eigenvalue weighted by atomic mass is 10.3. The molecule has 102 valence electrons. The Hall–Kier alpha value is -1.88. The Balaban J connectivity index is 2.33. The van der Waals surface area contributed by atoms with Gasteiger partial charge in [0.05, 0.1) is 11.9 Å². The van der Waals surface area contributed by atoms with Gasteiger partial charge in [0.15, 0.2) is 0 Å². The first-order valence-corrected chi connectivity index (χ1v) is 6.45. The van der Waals surface area contributed by atoms with Crippen molar-refractivity contribution < 1.29 is 4.74 Å². The summed E-state index contributed by atoms with van der Waals surface area (Å²) in [5, 5.41) is 0. The molecular formula is C14H20N4O. The summed E-state index contributed by atoms with van der Waals surface area (Å²) >= 11 is 0. The molecule has 0 spiro atoms. The molecule has 0 aliphatic carbocycles. The van der Waals surface area contributed by atoms with E-state index in [1.54, 1.807) is 6.20 Å². The fraction of sp³-hybridized carbons (Fsp3) is 0.429. The molecule has 19 heavy (non-hydrogen) atoms. The SMILES string of the molecule is CCn1c(C(C)N)cnc1Oc1cc(C)nc(C)c1. The van der Waals surface area contributed by atoms with Gasteiger partial charge in [-0.25, -0.2) is 4.98 Å². The van der Waals surface area contributed by atoms with Gasteiger partial charge in [0.1, 0.15) is 5.75 Å². The van der Waals surface area contributed by atoms with Crippen molar-refractivity contribution in [3.05, 3.63) is 35.4 Å². The second kappa shape index (κ2) is 5.40. The third kappa shape index (κ3) is 2.93. The maximum absolute atomic E-state index is 5.92. The second-order valence-electron chi connectivity index (χ2n) is 4.69. The van der Waals surface area contributed by atoms with E-state index in [0.29, 0.717) is 6.01 Å². The Kier molecular flexibility index (Phi) is 3.85. The summed E-state index contributed by atoms with van der Waals surface area (Å²) < 4.78 is 7.83. The van der Waals surface area contributed by atoms with E-state index in [0.717, 1.165) is 29.4 Å². The van der Waals surface area contributed by atoms with Gasteiger partial charge in [-0.05, 0) is 27.7 Å². The van der Waals surface area contributed by atoms with Gasteiger partial charge in [-0.1, -0.05) is 0 Å². The number of pyridine rings is 1. The van der Waals surface area contributed by atoms with Gasteiger partial charge in [0, 0.05) is 36.1 Å². The average molecular weight is 260 g/mol. The molecule has 1 unspecified atom stereocenters. The van der Waals surface area contributed by atoms with Crippen molar-refractivity contribution in [1.29, 1.82) is 0 Å². The molecule has 2 N–H and O–H groups in total. The van der Waals surface area contributed by atoms with Crippen molar-refractivity contribution >= 4 is 0 Å². The van der Waals surface area contributed by atoms with Crippen LogP contribution in [0, 0.1) is 13.8 Å². The van der Waals surface area contributed by atoms with Crippen LogP contribution in [0.15, 0.2) is 18.3 Å². The minimum atomic E-state index is -0.0642. The van der Waals surface area contributed by atoms with Gasteiger partial charge in [0.2, 0.25) is 0 Å². The van der Waals surface area contributed by atoms with E-state index < -0.39 is 0 Å². The first-order valence-electron chi connectivity index (χ1n) is 6.45. The van der Waals surface area contributed by atoms with Crippen LogP contribution in [0.1, 0.15) is 37.0 Å². The van der Waals surface area contributed by atoms with Crippen LogP contribution in [0.25, 0.3) is 0 Å². The van der Waals surface area contributed by atoms with Crippen LogP contribution in [0.2, 0.25) is 0 Å². The molecule has 1 atom stereocenters. The van der Waals surface area contributed by atoms with Gasteiger partial charge < -0.3 is 10.5 Å². The van der Waals surface area contributed by atoms with Gasteiger partial charge in [-0.3, -0.25) is 9.55 Å². The summed E-state index contributed by atoms with van der Waals surface area (Å²) in [7, 11) is 0. The monoisotopic (exact) mass is 260 g/mol.